The van der Waals surface area contributed by atoms with Crippen LogP contribution in [-0.4, -0.2) is 11.9 Å². The number of hydrogen-bond donors (Lipinski definition) is 0. The average Bonchev–Trinajstić information content (AvgIpc) is 3.01. The lowest BCUT2D eigenvalue weighted by atomic mass is 9.56. The molecular weight excluding hydrogens is 496 g/mol. The van der Waals surface area contributed by atoms with Gasteiger partial charge in [-0.2, -0.15) is 0 Å². The Morgan fingerprint density at radius 3 is 1.62 bits per heavy atom. The van der Waals surface area contributed by atoms with Crippen molar-refractivity contribution < 1.29 is 14.3 Å². The molecular formula is C24H18Br2O3. The number of hydrogen-bond acceptors (Lipinski definition) is 3. The zero-order valence-electron chi connectivity index (χ0n) is 15.6. The summed E-state index contributed by atoms with van der Waals surface area (Å²) in [6.45, 7) is 0. The third-order valence-electron chi connectivity index (χ3n) is 7.20. The standard InChI is InChI=1S/C24H18Br2O3/c25-13-5-1-11-3-7-15-19(17(11)9-13)20-16(22-21(15)23(27)29-24(22)28)8-4-12-2-6-14(26)10-18(12)20/h1-2,5-6,9-10,15-16,21-22H,3-4,7-8H2/t15-,16+,21-,22+. The highest BCUT2D eigenvalue weighted by Crippen LogP contribution is 2.59. The molecule has 0 bridgehead atoms. The number of fused-ring (bicyclic) bond motifs is 9. The van der Waals surface area contributed by atoms with Crippen molar-refractivity contribution in [1.29, 1.82) is 0 Å². The highest BCUT2D eigenvalue weighted by Gasteiger charge is 2.58. The van der Waals surface area contributed by atoms with Crippen LogP contribution < -0.4 is 0 Å². The molecule has 1 aliphatic heterocycles. The van der Waals surface area contributed by atoms with Gasteiger partial charge in [0.1, 0.15) is 0 Å². The number of carbonyl (C=O) groups excluding carboxylic acids is 2. The van der Waals surface area contributed by atoms with E-state index in [4.69, 9.17) is 4.74 Å². The normalized spacial score (nSPS) is 29.4. The predicted molar refractivity (Wildman–Crippen MR) is 117 cm³/mol. The fourth-order valence-corrected chi connectivity index (χ4v) is 6.83. The van der Waals surface area contributed by atoms with Crippen molar-refractivity contribution in [3.05, 3.63) is 67.6 Å². The maximum atomic E-state index is 12.7. The predicted octanol–water partition coefficient (Wildman–Crippen LogP) is 5.58. The van der Waals surface area contributed by atoms with Gasteiger partial charge in [0.15, 0.2) is 0 Å². The van der Waals surface area contributed by atoms with Crippen molar-refractivity contribution in [1.82, 2.24) is 0 Å². The van der Waals surface area contributed by atoms with E-state index in [0.717, 1.165) is 34.6 Å². The molecule has 0 unspecified atom stereocenters. The van der Waals surface area contributed by atoms with E-state index in [1.165, 1.54) is 33.4 Å². The number of aryl methyl sites for hydroxylation is 2. The first-order valence-corrected chi connectivity index (χ1v) is 11.7. The fraction of sp³-hybridized carbons (Fsp3) is 0.333. The van der Waals surface area contributed by atoms with Crippen molar-refractivity contribution in [2.45, 2.75) is 25.7 Å². The van der Waals surface area contributed by atoms with Gasteiger partial charge in [0, 0.05) is 8.95 Å². The van der Waals surface area contributed by atoms with E-state index in [9.17, 15) is 9.59 Å². The lowest BCUT2D eigenvalue weighted by Crippen LogP contribution is -2.41. The van der Waals surface area contributed by atoms with Gasteiger partial charge >= 0.3 is 11.9 Å². The van der Waals surface area contributed by atoms with Crippen LogP contribution in [0.3, 0.4) is 0 Å². The molecule has 4 atom stereocenters. The fourth-order valence-electron chi connectivity index (χ4n) is 6.11. The molecule has 3 nitrogen and oxygen atoms in total. The van der Waals surface area contributed by atoms with E-state index in [0.29, 0.717) is 0 Å². The Labute approximate surface area is 185 Å². The molecule has 0 aromatic heterocycles. The van der Waals surface area contributed by atoms with Gasteiger partial charge in [0.2, 0.25) is 0 Å². The molecule has 0 amide bonds. The number of rotatable bonds is 0. The van der Waals surface area contributed by atoms with E-state index >= 15 is 0 Å². The minimum atomic E-state index is -0.341. The molecule has 3 aliphatic carbocycles. The van der Waals surface area contributed by atoms with Gasteiger partial charge in [0.25, 0.3) is 0 Å². The minimum absolute atomic E-state index is 0.0388. The van der Waals surface area contributed by atoms with Crippen LogP contribution in [0.15, 0.2) is 45.3 Å². The number of benzene rings is 2. The van der Waals surface area contributed by atoms with Crippen LogP contribution in [-0.2, 0) is 27.2 Å². The second-order valence-corrected chi connectivity index (χ2v) is 10.3. The third kappa shape index (κ3) is 2.53. The number of esters is 2. The Bertz CT molecular complexity index is 1050. The smallest absolute Gasteiger partial charge is 0.318 e. The van der Waals surface area contributed by atoms with Crippen LogP contribution in [0.5, 0.6) is 0 Å². The Balaban J connectivity index is 1.70. The molecule has 2 aromatic rings. The topological polar surface area (TPSA) is 43.4 Å². The molecule has 1 heterocycles. The van der Waals surface area contributed by atoms with Crippen molar-refractivity contribution in [3.8, 4) is 0 Å². The molecule has 0 N–H and O–H groups in total. The van der Waals surface area contributed by atoms with Gasteiger partial charge in [-0.1, -0.05) is 44.0 Å². The van der Waals surface area contributed by atoms with Crippen LogP contribution >= 0.6 is 31.9 Å². The van der Waals surface area contributed by atoms with E-state index in [1.54, 1.807) is 0 Å². The molecule has 0 spiro atoms. The van der Waals surface area contributed by atoms with Gasteiger partial charge in [-0.15, -0.1) is 0 Å². The lowest BCUT2D eigenvalue weighted by Gasteiger charge is -2.45. The highest BCUT2D eigenvalue weighted by atomic mass is 79.9. The minimum Gasteiger partial charge on any atom is -0.393 e. The van der Waals surface area contributed by atoms with Crippen LogP contribution in [0.4, 0.5) is 0 Å². The van der Waals surface area contributed by atoms with Crippen LogP contribution in [0.2, 0.25) is 0 Å². The maximum Gasteiger partial charge on any atom is 0.318 e. The van der Waals surface area contributed by atoms with Crippen molar-refractivity contribution in [2.24, 2.45) is 23.7 Å². The van der Waals surface area contributed by atoms with E-state index < -0.39 is 0 Å². The van der Waals surface area contributed by atoms with Crippen LogP contribution in [0.25, 0.3) is 11.1 Å². The van der Waals surface area contributed by atoms with Gasteiger partial charge in [-0.25, -0.2) is 0 Å². The molecule has 6 rings (SSSR count). The van der Waals surface area contributed by atoms with Gasteiger partial charge in [0.05, 0.1) is 11.8 Å². The molecule has 0 radical (unpaired) electrons. The van der Waals surface area contributed by atoms with E-state index in [2.05, 4.69) is 68.3 Å². The van der Waals surface area contributed by atoms with E-state index in [1.807, 2.05) is 0 Å². The molecule has 29 heavy (non-hydrogen) atoms. The summed E-state index contributed by atoms with van der Waals surface area (Å²) in [7, 11) is 0. The summed E-state index contributed by atoms with van der Waals surface area (Å²) in [5.41, 5.74) is 7.64. The monoisotopic (exact) mass is 512 g/mol. The molecule has 5 heteroatoms. The Hall–Kier alpha value is -1.72. The Morgan fingerprint density at radius 2 is 1.17 bits per heavy atom. The summed E-state index contributed by atoms with van der Waals surface area (Å²) in [5, 5.41) is 0. The summed E-state index contributed by atoms with van der Waals surface area (Å²) in [6, 6.07) is 12.9. The third-order valence-corrected chi connectivity index (χ3v) is 8.19. The van der Waals surface area contributed by atoms with E-state index in [-0.39, 0.29) is 35.6 Å². The first-order valence-electron chi connectivity index (χ1n) is 10.1. The molecule has 1 saturated heterocycles. The summed E-state index contributed by atoms with van der Waals surface area (Å²) < 4.78 is 7.29. The number of carbonyl (C=O) groups is 2. The average molecular weight is 514 g/mol. The van der Waals surface area contributed by atoms with Gasteiger partial charge < -0.3 is 4.74 Å². The molecule has 4 aliphatic rings. The second-order valence-electron chi connectivity index (χ2n) is 8.51. The number of halogens is 2. The number of allylic oxidation sites excluding steroid dienone is 2. The Morgan fingerprint density at radius 1 is 0.724 bits per heavy atom. The largest absolute Gasteiger partial charge is 0.393 e. The Kier molecular flexibility index (Phi) is 3.98. The van der Waals surface area contributed by atoms with Gasteiger partial charge in [-0.3, -0.25) is 9.59 Å². The zero-order valence-corrected chi connectivity index (χ0v) is 18.8. The second kappa shape index (κ2) is 6.39. The molecule has 1 fully saturated rings. The number of cyclic esters (lactones) is 2. The SMILES string of the molecule is O=C1OC(=O)[C@H]2[C@@H]1[C@H]1CCc3ccc(Br)cc3C1=C1c3cc(Br)ccc3CC[C@H]12. The van der Waals surface area contributed by atoms with Crippen molar-refractivity contribution >= 4 is 54.9 Å². The highest BCUT2D eigenvalue weighted by molar-refractivity contribution is 9.10. The molecule has 0 saturated carbocycles. The van der Waals surface area contributed by atoms with Crippen molar-refractivity contribution in [2.75, 3.05) is 0 Å². The van der Waals surface area contributed by atoms with Crippen LogP contribution in [0.1, 0.15) is 35.1 Å². The zero-order chi connectivity index (χ0) is 19.9. The van der Waals surface area contributed by atoms with Gasteiger partial charge in [-0.05, 0) is 95.2 Å². The molecule has 146 valence electrons. The summed E-state index contributed by atoms with van der Waals surface area (Å²) >= 11 is 7.28. The summed E-state index contributed by atoms with van der Waals surface area (Å²) in [6.07, 6.45) is 3.61. The molecule has 2 aromatic carbocycles. The summed E-state index contributed by atoms with van der Waals surface area (Å²) in [5.74, 6) is -1.24. The first-order chi connectivity index (χ1) is 14.0. The quantitative estimate of drug-likeness (QED) is 0.341. The van der Waals surface area contributed by atoms with Crippen molar-refractivity contribution in [3.63, 3.8) is 0 Å². The number of ether oxygens (including phenoxy) is 1. The summed E-state index contributed by atoms with van der Waals surface area (Å²) in [4.78, 5) is 25.5. The van der Waals surface area contributed by atoms with Crippen LogP contribution in [0, 0.1) is 23.7 Å². The first kappa shape index (κ1) is 18.1. The maximum absolute atomic E-state index is 12.7. The lowest BCUT2D eigenvalue weighted by molar-refractivity contribution is -0.154.